The SMILES string of the molecule is COc1cc2c(cc1OC)[C@@H](Cc1ccccc1)N[C@@H](c1ccc(C)cn1)C2. The highest BCUT2D eigenvalue weighted by atomic mass is 16.5. The molecule has 0 saturated carbocycles. The lowest BCUT2D eigenvalue weighted by Gasteiger charge is -2.34. The summed E-state index contributed by atoms with van der Waals surface area (Å²) < 4.78 is 11.1. The Morgan fingerprint density at radius 3 is 2.43 bits per heavy atom. The van der Waals surface area contributed by atoms with Crippen LogP contribution in [0.1, 0.15) is 40.0 Å². The highest BCUT2D eigenvalue weighted by Crippen LogP contribution is 2.39. The highest BCUT2D eigenvalue weighted by Gasteiger charge is 2.29. The molecule has 0 aliphatic carbocycles. The van der Waals surface area contributed by atoms with Crippen LogP contribution in [0.25, 0.3) is 0 Å². The molecular formula is C24H26N2O2. The Kier molecular flexibility index (Phi) is 5.31. The first kappa shape index (κ1) is 18.5. The number of hydrogen-bond donors (Lipinski definition) is 1. The molecule has 28 heavy (non-hydrogen) atoms. The maximum Gasteiger partial charge on any atom is 0.161 e. The molecule has 0 amide bonds. The smallest absolute Gasteiger partial charge is 0.161 e. The van der Waals surface area contributed by atoms with E-state index in [1.54, 1.807) is 14.2 Å². The van der Waals surface area contributed by atoms with E-state index in [1.165, 1.54) is 22.3 Å². The maximum atomic E-state index is 5.56. The van der Waals surface area contributed by atoms with Gasteiger partial charge in [0.05, 0.1) is 26.0 Å². The Morgan fingerprint density at radius 2 is 1.75 bits per heavy atom. The van der Waals surface area contributed by atoms with Crippen LogP contribution in [0.15, 0.2) is 60.8 Å². The molecular weight excluding hydrogens is 348 g/mol. The van der Waals surface area contributed by atoms with E-state index in [-0.39, 0.29) is 12.1 Å². The number of aryl methyl sites for hydroxylation is 1. The molecule has 4 heteroatoms. The molecule has 0 bridgehead atoms. The maximum absolute atomic E-state index is 5.56. The van der Waals surface area contributed by atoms with Crippen molar-refractivity contribution in [2.24, 2.45) is 0 Å². The van der Waals surface area contributed by atoms with Crippen LogP contribution in [0.5, 0.6) is 11.5 Å². The lowest BCUT2D eigenvalue weighted by Crippen LogP contribution is -2.35. The van der Waals surface area contributed by atoms with E-state index >= 15 is 0 Å². The van der Waals surface area contributed by atoms with Gasteiger partial charge >= 0.3 is 0 Å². The fourth-order valence-electron chi connectivity index (χ4n) is 3.94. The van der Waals surface area contributed by atoms with E-state index in [0.717, 1.165) is 30.0 Å². The summed E-state index contributed by atoms with van der Waals surface area (Å²) in [5.41, 5.74) is 6.10. The van der Waals surface area contributed by atoms with Crippen LogP contribution in [-0.4, -0.2) is 19.2 Å². The zero-order valence-electron chi connectivity index (χ0n) is 16.6. The van der Waals surface area contributed by atoms with Crippen molar-refractivity contribution >= 4 is 0 Å². The third kappa shape index (κ3) is 3.73. The summed E-state index contributed by atoms with van der Waals surface area (Å²) in [7, 11) is 3.37. The molecule has 2 aromatic carbocycles. The standard InChI is InChI=1S/C24H26N2O2/c1-16-9-10-20(25-15-16)22-12-18-13-23(27-2)24(28-3)14-19(18)21(26-22)11-17-7-5-4-6-8-17/h4-10,13-15,21-22,26H,11-12H2,1-3H3/t21-,22-/m1/s1. The number of nitrogens with zero attached hydrogens (tertiary/aromatic N) is 1. The van der Waals surface area contributed by atoms with Gasteiger partial charge in [-0.2, -0.15) is 0 Å². The first-order valence-electron chi connectivity index (χ1n) is 9.65. The van der Waals surface area contributed by atoms with Gasteiger partial charge in [0.25, 0.3) is 0 Å². The van der Waals surface area contributed by atoms with Crippen molar-refractivity contribution < 1.29 is 9.47 Å². The molecule has 0 saturated heterocycles. The minimum atomic E-state index is 0.167. The van der Waals surface area contributed by atoms with Gasteiger partial charge < -0.3 is 14.8 Å². The van der Waals surface area contributed by atoms with E-state index in [0.29, 0.717) is 0 Å². The Hall–Kier alpha value is -2.85. The van der Waals surface area contributed by atoms with Crippen LogP contribution >= 0.6 is 0 Å². The molecule has 1 aliphatic heterocycles. The van der Waals surface area contributed by atoms with Crippen LogP contribution in [-0.2, 0) is 12.8 Å². The first-order chi connectivity index (χ1) is 13.7. The number of rotatable bonds is 5. The van der Waals surface area contributed by atoms with Crippen LogP contribution < -0.4 is 14.8 Å². The van der Waals surface area contributed by atoms with Gasteiger partial charge in [0.15, 0.2) is 11.5 Å². The summed E-state index contributed by atoms with van der Waals surface area (Å²) in [4.78, 5) is 4.67. The Balaban J connectivity index is 1.74. The molecule has 0 fully saturated rings. The van der Waals surface area contributed by atoms with Crippen molar-refractivity contribution in [2.45, 2.75) is 31.8 Å². The number of aromatic nitrogens is 1. The molecule has 1 aromatic heterocycles. The molecule has 1 N–H and O–H groups in total. The lowest BCUT2D eigenvalue weighted by molar-refractivity contribution is 0.348. The quantitative estimate of drug-likeness (QED) is 0.710. The molecule has 2 heterocycles. The Labute approximate surface area is 166 Å². The summed E-state index contributed by atoms with van der Waals surface area (Å²) in [6.07, 6.45) is 3.72. The van der Waals surface area contributed by atoms with E-state index < -0.39 is 0 Å². The largest absolute Gasteiger partial charge is 0.493 e. The molecule has 0 unspecified atom stereocenters. The van der Waals surface area contributed by atoms with Gasteiger partial charge in [-0.15, -0.1) is 0 Å². The predicted molar refractivity (Wildman–Crippen MR) is 111 cm³/mol. The van der Waals surface area contributed by atoms with Gasteiger partial charge in [-0.3, -0.25) is 4.98 Å². The van der Waals surface area contributed by atoms with Gasteiger partial charge in [0.2, 0.25) is 0 Å². The van der Waals surface area contributed by atoms with E-state index in [9.17, 15) is 0 Å². The lowest BCUT2D eigenvalue weighted by atomic mass is 9.85. The number of pyridine rings is 1. The van der Waals surface area contributed by atoms with Crippen LogP contribution in [0.3, 0.4) is 0 Å². The monoisotopic (exact) mass is 374 g/mol. The Morgan fingerprint density at radius 1 is 1.00 bits per heavy atom. The second-order valence-corrected chi connectivity index (χ2v) is 7.33. The van der Waals surface area contributed by atoms with Crippen molar-refractivity contribution in [1.82, 2.24) is 10.3 Å². The number of fused-ring (bicyclic) bond motifs is 1. The summed E-state index contributed by atoms with van der Waals surface area (Å²) >= 11 is 0. The minimum absolute atomic E-state index is 0.167. The number of hydrogen-bond acceptors (Lipinski definition) is 4. The van der Waals surface area contributed by atoms with E-state index in [4.69, 9.17) is 9.47 Å². The second-order valence-electron chi connectivity index (χ2n) is 7.33. The van der Waals surface area contributed by atoms with Crippen molar-refractivity contribution in [3.05, 3.63) is 88.7 Å². The summed E-state index contributed by atoms with van der Waals surface area (Å²) in [5.74, 6) is 1.55. The zero-order valence-corrected chi connectivity index (χ0v) is 16.6. The van der Waals surface area contributed by atoms with Gasteiger partial charge in [0.1, 0.15) is 0 Å². The van der Waals surface area contributed by atoms with Crippen molar-refractivity contribution in [2.75, 3.05) is 14.2 Å². The van der Waals surface area contributed by atoms with E-state index in [1.807, 2.05) is 6.20 Å². The topological polar surface area (TPSA) is 43.4 Å². The van der Waals surface area contributed by atoms with Gasteiger partial charge in [0, 0.05) is 12.2 Å². The molecule has 4 nitrogen and oxygen atoms in total. The van der Waals surface area contributed by atoms with Crippen molar-refractivity contribution in [3.63, 3.8) is 0 Å². The van der Waals surface area contributed by atoms with Gasteiger partial charge in [-0.05, 0) is 60.2 Å². The normalized spacial score (nSPS) is 18.4. The molecule has 0 spiro atoms. The van der Waals surface area contributed by atoms with Crippen LogP contribution in [0.4, 0.5) is 0 Å². The van der Waals surface area contributed by atoms with Crippen molar-refractivity contribution in [1.29, 1.82) is 0 Å². The highest BCUT2D eigenvalue weighted by molar-refractivity contribution is 5.50. The Bertz CT molecular complexity index is 939. The van der Waals surface area contributed by atoms with Crippen molar-refractivity contribution in [3.8, 4) is 11.5 Å². The number of ether oxygens (including phenoxy) is 2. The number of benzene rings is 2. The third-order valence-corrected chi connectivity index (χ3v) is 5.42. The molecule has 144 valence electrons. The second kappa shape index (κ2) is 8.03. The fraction of sp³-hybridized carbons (Fsp3) is 0.292. The minimum Gasteiger partial charge on any atom is -0.493 e. The van der Waals surface area contributed by atoms with Gasteiger partial charge in [-0.25, -0.2) is 0 Å². The van der Waals surface area contributed by atoms with Crippen LogP contribution in [0, 0.1) is 6.92 Å². The first-order valence-corrected chi connectivity index (χ1v) is 9.65. The zero-order chi connectivity index (χ0) is 19.5. The predicted octanol–water partition coefficient (Wildman–Crippen LogP) is 4.58. The molecule has 4 rings (SSSR count). The summed E-state index contributed by atoms with van der Waals surface area (Å²) in [5, 5.41) is 3.82. The average Bonchev–Trinajstić information content (AvgIpc) is 2.74. The summed E-state index contributed by atoms with van der Waals surface area (Å²) in [6.45, 7) is 2.07. The van der Waals surface area contributed by atoms with E-state index in [2.05, 4.69) is 71.8 Å². The third-order valence-electron chi connectivity index (χ3n) is 5.42. The molecule has 0 radical (unpaired) electrons. The summed E-state index contributed by atoms with van der Waals surface area (Å²) in [6, 6.07) is 19.4. The number of nitrogens with one attached hydrogen (secondary N) is 1. The molecule has 2 atom stereocenters. The number of methoxy groups -OCH3 is 2. The van der Waals surface area contributed by atoms with Crippen LogP contribution in [0.2, 0.25) is 0 Å². The average molecular weight is 374 g/mol. The fourth-order valence-corrected chi connectivity index (χ4v) is 3.94. The van der Waals surface area contributed by atoms with Gasteiger partial charge in [-0.1, -0.05) is 36.4 Å². The molecule has 1 aliphatic rings. The molecule has 3 aromatic rings.